The van der Waals surface area contributed by atoms with E-state index < -0.39 is 10.2 Å². The summed E-state index contributed by atoms with van der Waals surface area (Å²) in [5.74, 6) is 0. The van der Waals surface area contributed by atoms with Crippen molar-refractivity contribution in [2.24, 2.45) is 0 Å². The summed E-state index contributed by atoms with van der Waals surface area (Å²) in [5.41, 5.74) is 3.76. The van der Waals surface area contributed by atoms with Gasteiger partial charge in [-0.25, -0.2) is 23.2 Å². The average Bonchev–Trinajstić information content (AvgIpc) is 2.84. The van der Waals surface area contributed by atoms with E-state index in [9.17, 15) is 0 Å². The summed E-state index contributed by atoms with van der Waals surface area (Å²) in [5, 5.41) is 3.98. The maximum absolute atomic E-state index is 8.49. The Morgan fingerprint density at radius 2 is 1.52 bits per heavy atom. The zero-order valence-electron chi connectivity index (χ0n) is 16.6. The fourth-order valence-electron chi connectivity index (χ4n) is 3.84. The van der Waals surface area contributed by atoms with E-state index in [-0.39, 0.29) is 0 Å². The van der Waals surface area contributed by atoms with E-state index in [1.54, 1.807) is 0 Å². The Morgan fingerprint density at radius 1 is 0.931 bits per heavy atom. The number of rotatable bonds is 1. The molecule has 0 atom stereocenters. The van der Waals surface area contributed by atoms with Crippen molar-refractivity contribution in [1.29, 1.82) is 0 Å². The number of H-pyrrole nitrogens is 1. The summed E-state index contributed by atoms with van der Waals surface area (Å²) in [6.07, 6.45) is 0. The maximum Gasteiger partial charge on any atom is 0.209 e. The molecule has 0 spiro atoms. The van der Waals surface area contributed by atoms with Crippen LogP contribution in [-0.2, 0) is 9.47 Å². The summed E-state index contributed by atoms with van der Waals surface area (Å²) >= 11 is 0. The molecule has 0 saturated carbocycles. The Morgan fingerprint density at radius 3 is 2.14 bits per heavy atom. The molecule has 2 aliphatic heterocycles. The second-order valence-electron chi connectivity index (χ2n) is 7.03. The minimum absolute atomic E-state index is 0.804. The highest BCUT2D eigenvalue weighted by Crippen LogP contribution is 2.23. The van der Waals surface area contributed by atoms with Crippen molar-refractivity contribution in [2.45, 2.75) is 13.8 Å². The van der Waals surface area contributed by atoms with Crippen LogP contribution in [0.1, 0.15) is 11.4 Å². The highest BCUT2D eigenvalue weighted by molar-refractivity contribution is 5.89. The van der Waals surface area contributed by atoms with E-state index in [0.717, 1.165) is 52.6 Å². The van der Waals surface area contributed by atoms with Gasteiger partial charge >= 0.3 is 0 Å². The normalized spacial score (nSPS) is 17.9. The third-order valence-electron chi connectivity index (χ3n) is 5.11. The molecule has 4 rings (SSSR count). The lowest BCUT2D eigenvalue weighted by Crippen LogP contribution is -2.68. The van der Waals surface area contributed by atoms with Gasteiger partial charge in [0, 0.05) is 41.6 Å². The molecule has 2 saturated heterocycles. The Kier molecular flexibility index (Phi) is 7.12. The quantitative estimate of drug-likeness (QED) is 0.470. The number of nitrogens with zero attached hydrogens (tertiary/aromatic N) is 2. The number of hydrogen-bond donors (Lipinski definition) is 1. The fraction of sp³-hybridized carbons (Fsp3) is 0.526. The summed E-state index contributed by atoms with van der Waals surface area (Å²) < 4.78 is 47.5. The fourth-order valence-corrected chi connectivity index (χ4v) is 3.84. The Bertz CT molecular complexity index is 905. The summed E-state index contributed by atoms with van der Waals surface area (Å²) in [6.45, 7) is 11.4. The number of nitrogens with one attached hydrogen (secondary N) is 1. The van der Waals surface area contributed by atoms with Gasteiger partial charge in [-0.1, -0.05) is 0 Å². The Hall–Kier alpha value is -1.72. The highest BCUT2D eigenvalue weighted by atomic mass is 35.7. The summed E-state index contributed by atoms with van der Waals surface area (Å²) in [6, 6.07) is 6.90. The molecular formula is C19H26ClN3O6. The second-order valence-corrected chi connectivity index (χ2v) is 7.78. The standard InChI is InChI=1S/C19H25N3O2.ClHO4/c1-14-17-13-16(21-5-9-23-10-6-21)3-4-18(19(17)15(2)20-14)22-7-11-24-12-8-22;2-1(3,4)5/h3-4,13H,5-12H2,1-2H3;(H,2,3,4,5). The van der Waals surface area contributed by atoms with E-state index in [1.807, 2.05) is 0 Å². The number of aromatic nitrogens is 1. The first kappa shape index (κ1) is 22.0. The predicted octanol–water partition coefficient (Wildman–Crippen LogP) is -3.33. The van der Waals surface area contributed by atoms with Gasteiger partial charge in [0.2, 0.25) is 5.36 Å². The third-order valence-corrected chi connectivity index (χ3v) is 5.11. The van der Waals surface area contributed by atoms with Crippen molar-refractivity contribution in [1.82, 2.24) is 9.56 Å². The van der Waals surface area contributed by atoms with Gasteiger partial charge in [-0.2, -0.15) is 0 Å². The van der Waals surface area contributed by atoms with E-state index in [2.05, 4.69) is 46.5 Å². The van der Waals surface area contributed by atoms with Crippen LogP contribution in [0.5, 0.6) is 0 Å². The molecule has 0 aliphatic carbocycles. The van der Waals surface area contributed by atoms with Crippen molar-refractivity contribution in [3.63, 3.8) is 0 Å². The molecule has 0 unspecified atom stereocenters. The molecule has 1 aromatic heterocycles. The largest absolute Gasteiger partial charge is 0.378 e. The third kappa shape index (κ3) is 5.89. The maximum atomic E-state index is 8.49. The van der Waals surface area contributed by atoms with Crippen LogP contribution in [0.25, 0.3) is 10.8 Å². The minimum atomic E-state index is -4.94. The zero-order chi connectivity index (χ0) is 21.0. The van der Waals surface area contributed by atoms with Crippen molar-refractivity contribution in [2.75, 3.05) is 57.5 Å². The SMILES string of the molecule is Cc1[nH]c(C)c2c(=[N+]3CCOCC3)ccc(N3CCOCC3)cc12.[O-][Cl+3]([O-])([O-])[O-]. The predicted molar refractivity (Wildman–Crippen MR) is 96.6 cm³/mol. The molecule has 0 radical (unpaired) electrons. The van der Waals surface area contributed by atoms with E-state index in [1.165, 1.54) is 33.2 Å². The first-order valence-corrected chi connectivity index (χ1v) is 10.7. The molecular weight excluding hydrogens is 402 g/mol. The number of ether oxygens (including phenoxy) is 2. The Labute approximate surface area is 171 Å². The number of morpholine rings is 2. The van der Waals surface area contributed by atoms with Crippen LogP contribution in [0.3, 0.4) is 0 Å². The molecule has 2 aliphatic rings. The monoisotopic (exact) mass is 427 g/mol. The van der Waals surface area contributed by atoms with Gasteiger partial charge in [0.1, 0.15) is 13.2 Å². The molecule has 2 aromatic rings. The van der Waals surface area contributed by atoms with Gasteiger partial charge in [0.15, 0.2) is 13.1 Å². The molecule has 9 nitrogen and oxygen atoms in total. The lowest BCUT2D eigenvalue weighted by molar-refractivity contribution is -2.00. The molecule has 2 fully saturated rings. The van der Waals surface area contributed by atoms with Gasteiger partial charge < -0.3 is 19.4 Å². The average molecular weight is 428 g/mol. The van der Waals surface area contributed by atoms with Crippen molar-refractivity contribution < 1.29 is 38.4 Å². The van der Waals surface area contributed by atoms with Crippen LogP contribution in [0, 0.1) is 24.1 Å². The zero-order valence-corrected chi connectivity index (χ0v) is 17.4. The van der Waals surface area contributed by atoms with Crippen molar-refractivity contribution >= 4 is 16.5 Å². The lowest BCUT2D eigenvalue weighted by atomic mass is 10.2. The molecule has 1 aromatic carbocycles. The first-order valence-electron chi connectivity index (χ1n) is 9.47. The van der Waals surface area contributed by atoms with Gasteiger partial charge in [-0.3, -0.25) is 0 Å². The van der Waals surface area contributed by atoms with E-state index >= 15 is 0 Å². The topological polar surface area (TPSA) is 133 Å². The molecule has 160 valence electrons. The molecule has 10 heteroatoms. The smallest absolute Gasteiger partial charge is 0.209 e. The van der Waals surface area contributed by atoms with Crippen LogP contribution in [-0.4, -0.2) is 57.6 Å². The van der Waals surface area contributed by atoms with Crippen LogP contribution in [0.15, 0.2) is 18.2 Å². The number of anilines is 1. The van der Waals surface area contributed by atoms with Gasteiger partial charge in [-0.05, 0) is 26.0 Å². The van der Waals surface area contributed by atoms with Crippen molar-refractivity contribution in [3.8, 4) is 0 Å². The summed E-state index contributed by atoms with van der Waals surface area (Å²) in [7, 11) is -4.94. The number of fused-ring (bicyclic) bond motifs is 1. The highest BCUT2D eigenvalue weighted by Gasteiger charge is 2.18. The van der Waals surface area contributed by atoms with Crippen LogP contribution in [0.2, 0.25) is 0 Å². The van der Waals surface area contributed by atoms with Crippen LogP contribution in [0.4, 0.5) is 5.69 Å². The van der Waals surface area contributed by atoms with Gasteiger partial charge in [0.05, 0.1) is 18.6 Å². The molecule has 0 bridgehead atoms. The lowest BCUT2D eigenvalue weighted by Gasteiger charge is -2.28. The second kappa shape index (κ2) is 9.40. The van der Waals surface area contributed by atoms with Crippen LogP contribution >= 0.6 is 0 Å². The van der Waals surface area contributed by atoms with Gasteiger partial charge in [-0.15, -0.1) is 10.2 Å². The number of aryl methyl sites for hydroxylation is 2. The Balaban J connectivity index is 0.000000431. The molecule has 1 N–H and O–H groups in total. The number of hydrogen-bond acceptors (Lipinski definition) is 7. The first-order chi connectivity index (χ1) is 13.7. The molecule has 3 heterocycles. The molecule has 0 amide bonds. The summed E-state index contributed by atoms with van der Waals surface area (Å²) in [4.78, 5) is 5.96. The minimum Gasteiger partial charge on any atom is -0.378 e. The van der Waals surface area contributed by atoms with E-state index in [0.29, 0.717) is 0 Å². The van der Waals surface area contributed by atoms with E-state index in [4.69, 9.17) is 28.1 Å². The number of halogens is 1. The number of aromatic amines is 1. The van der Waals surface area contributed by atoms with Crippen LogP contribution < -0.4 is 33.5 Å². The van der Waals surface area contributed by atoms with Crippen molar-refractivity contribution in [3.05, 3.63) is 34.9 Å². The molecule has 29 heavy (non-hydrogen) atoms. The van der Waals surface area contributed by atoms with Gasteiger partial charge in [0.25, 0.3) is 0 Å².